The lowest BCUT2D eigenvalue weighted by Gasteiger charge is -2.12. The molecule has 4 heteroatoms. The molecule has 0 saturated heterocycles. The molecular formula is C10H13ClFNO. The van der Waals surface area contributed by atoms with Crippen molar-refractivity contribution in [2.75, 3.05) is 7.11 Å². The summed E-state index contributed by atoms with van der Waals surface area (Å²) in [6.07, 6.45) is 1.47. The molecule has 1 aromatic carbocycles. The molecule has 0 aliphatic carbocycles. The molecule has 0 fully saturated rings. The molecule has 1 aromatic rings. The third kappa shape index (κ3) is 2.47. The van der Waals surface area contributed by atoms with E-state index in [1.165, 1.54) is 19.3 Å². The number of methoxy groups -OCH3 is 1. The Morgan fingerprint density at radius 1 is 1.57 bits per heavy atom. The number of hydrogen-bond acceptors (Lipinski definition) is 2. The Kier molecular flexibility index (Phi) is 5.20. The normalized spacial score (nSPS) is 11.4. The van der Waals surface area contributed by atoms with Gasteiger partial charge in [-0.25, -0.2) is 4.39 Å². The highest BCUT2D eigenvalue weighted by molar-refractivity contribution is 5.85. The van der Waals surface area contributed by atoms with Gasteiger partial charge in [0.05, 0.1) is 18.7 Å². The Labute approximate surface area is 89.0 Å². The van der Waals surface area contributed by atoms with Crippen molar-refractivity contribution in [2.45, 2.75) is 6.04 Å². The van der Waals surface area contributed by atoms with Crippen LogP contribution in [-0.4, -0.2) is 7.11 Å². The van der Waals surface area contributed by atoms with Gasteiger partial charge in [-0.1, -0.05) is 12.1 Å². The lowest BCUT2D eigenvalue weighted by Crippen LogP contribution is -2.10. The average molecular weight is 218 g/mol. The van der Waals surface area contributed by atoms with Gasteiger partial charge < -0.3 is 10.5 Å². The van der Waals surface area contributed by atoms with Crippen molar-refractivity contribution in [1.82, 2.24) is 0 Å². The molecule has 0 aromatic heterocycles. The van der Waals surface area contributed by atoms with Crippen LogP contribution in [0.5, 0.6) is 5.75 Å². The first-order valence-electron chi connectivity index (χ1n) is 3.91. The van der Waals surface area contributed by atoms with E-state index in [0.717, 1.165) is 0 Å². The van der Waals surface area contributed by atoms with E-state index in [0.29, 0.717) is 11.3 Å². The summed E-state index contributed by atoms with van der Waals surface area (Å²) < 4.78 is 18.2. The van der Waals surface area contributed by atoms with Gasteiger partial charge in [-0.2, -0.15) is 0 Å². The molecular weight excluding hydrogens is 205 g/mol. The smallest absolute Gasteiger partial charge is 0.132 e. The second-order valence-corrected chi connectivity index (χ2v) is 2.62. The van der Waals surface area contributed by atoms with Gasteiger partial charge >= 0.3 is 0 Å². The average Bonchev–Trinajstić information content (AvgIpc) is 2.16. The van der Waals surface area contributed by atoms with Crippen LogP contribution in [0, 0.1) is 5.82 Å². The van der Waals surface area contributed by atoms with Gasteiger partial charge in [0.1, 0.15) is 11.6 Å². The molecule has 0 amide bonds. The van der Waals surface area contributed by atoms with Crippen LogP contribution in [0.2, 0.25) is 0 Å². The molecule has 2 nitrogen and oxygen atoms in total. The molecule has 0 aliphatic rings. The van der Waals surface area contributed by atoms with Gasteiger partial charge in [0.15, 0.2) is 0 Å². The minimum absolute atomic E-state index is 0. The van der Waals surface area contributed by atoms with Crippen molar-refractivity contribution < 1.29 is 9.13 Å². The maximum Gasteiger partial charge on any atom is 0.132 e. The largest absolute Gasteiger partial charge is 0.496 e. The quantitative estimate of drug-likeness (QED) is 0.790. The van der Waals surface area contributed by atoms with Crippen molar-refractivity contribution in [3.05, 3.63) is 42.2 Å². The highest BCUT2D eigenvalue weighted by Crippen LogP contribution is 2.26. The predicted octanol–water partition coefficient (Wildman–Crippen LogP) is 2.44. The van der Waals surface area contributed by atoms with Crippen LogP contribution in [0.4, 0.5) is 4.39 Å². The lowest BCUT2D eigenvalue weighted by atomic mass is 10.1. The summed E-state index contributed by atoms with van der Waals surface area (Å²) in [6, 6.07) is 4.06. The molecule has 14 heavy (non-hydrogen) atoms. The van der Waals surface area contributed by atoms with Crippen molar-refractivity contribution in [2.24, 2.45) is 5.73 Å². The minimum atomic E-state index is -0.531. The summed E-state index contributed by atoms with van der Waals surface area (Å²) in [5.74, 6) is 0.0825. The van der Waals surface area contributed by atoms with Gasteiger partial charge in [0.2, 0.25) is 0 Å². The van der Waals surface area contributed by atoms with Gasteiger partial charge in [-0.05, 0) is 12.1 Å². The molecule has 0 spiro atoms. The van der Waals surface area contributed by atoms with Crippen LogP contribution in [0.1, 0.15) is 11.6 Å². The highest BCUT2D eigenvalue weighted by atomic mass is 35.5. The standard InChI is InChI=1S/C10H12FNO.ClH/c1-3-8(12)10-7(11)5-4-6-9(10)13-2;/h3-6,8H,1,12H2,2H3;1H/t8-;/m0./s1. The zero-order valence-electron chi connectivity index (χ0n) is 7.87. The molecule has 0 unspecified atom stereocenters. The summed E-state index contributed by atoms with van der Waals surface area (Å²) in [5.41, 5.74) is 5.98. The van der Waals surface area contributed by atoms with Gasteiger partial charge in [0.25, 0.3) is 0 Å². The van der Waals surface area contributed by atoms with Crippen molar-refractivity contribution in [1.29, 1.82) is 0 Å². The number of ether oxygens (including phenoxy) is 1. The predicted molar refractivity (Wildman–Crippen MR) is 57.3 cm³/mol. The third-order valence-corrected chi connectivity index (χ3v) is 1.82. The first-order chi connectivity index (χ1) is 6.20. The molecule has 1 rings (SSSR count). The first kappa shape index (κ1) is 12.9. The van der Waals surface area contributed by atoms with Crippen LogP contribution >= 0.6 is 12.4 Å². The van der Waals surface area contributed by atoms with Crippen molar-refractivity contribution in [3.8, 4) is 5.75 Å². The topological polar surface area (TPSA) is 35.2 Å². The van der Waals surface area contributed by atoms with Crippen molar-refractivity contribution in [3.63, 3.8) is 0 Å². The summed E-state index contributed by atoms with van der Waals surface area (Å²) in [7, 11) is 1.48. The lowest BCUT2D eigenvalue weighted by molar-refractivity contribution is 0.402. The monoisotopic (exact) mass is 217 g/mol. The molecule has 2 N–H and O–H groups in total. The van der Waals surface area contributed by atoms with E-state index in [4.69, 9.17) is 10.5 Å². The van der Waals surface area contributed by atoms with Gasteiger partial charge in [-0.15, -0.1) is 19.0 Å². The molecule has 1 atom stereocenters. The zero-order chi connectivity index (χ0) is 9.84. The SMILES string of the molecule is C=C[C@H](N)c1c(F)cccc1OC.Cl. The fourth-order valence-electron chi connectivity index (χ4n) is 1.14. The minimum Gasteiger partial charge on any atom is -0.496 e. The van der Waals surface area contributed by atoms with E-state index in [2.05, 4.69) is 6.58 Å². The van der Waals surface area contributed by atoms with E-state index in [9.17, 15) is 4.39 Å². The van der Waals surface area contributed by atoms with E-state index >= 15 is 0 Å². The van der Waals surface area contributed by atoms with E-state index < -0.39 is 6.04 Å². The van der Waals surface area contributed by atoms with E-state index in [1.807, 2.05) is 0 Å². The van der Waals surface area contributed by atoms with Crippen LogP contribution in [0.25, 0.3) is 0 Å². The Bertz CT molecular complexity index is 317. The third-order valence-electron chi connectivity index (χ3n) is 1.82. The van der Waals surface area contributed by atoms with Crippen LogP contribution in [0.3, 0.4) is 0 Å². The summed E-state index contributed by atoms with van der Waals surface area (Å²) in [4.78, 5) is 0. The Hall–Kier alpha value is -1.06. The number of nitrogens with two attached hydrogens (primary N) is 1. The Balaban J connectivity index is 0.00000169. The van der Waals surface area contributed by atoms with Gasteiger partial charge in [-0.3, -0.25) is 0 Å². The summed E-state index contributed by atoms with van der Waals surface area (Å²) in [6.45, 7) is 3.51. The first-order valence-corrected chi connectivity index (χ1v) is 3.91. The zero-order valence-corrected chi connectivity index (χ0v) is 8.68. The highest BCUT2D eigenvalue weighted by Gasteiger charge is 2.13. The van der Waals surface area contributed by atoms with Crippen LogP contribution in [0.15, 0.2) is 30.9 Å². The second kappa shape index (κ2) is 5.62. The number of halogens is 2. The van der Waals surface area contributed by atoms with Crippen molar-refractivity contribution >= 4 is 12.4 Å². The number of rotatable bonds is 3. The number of benzene rings is 1. The number of hydrogen-bond donors (Lipinski definition) is 1. The maximum absolute atomic E-state index is 13.3. The van der Waals surface area contributed by atoms with E-state index in [1.54, 1.807) is 12.1 Å². The van der Waals surface area contributed by atoms with Gasteiger partial charge in [0, 0.05) is 0 Å². The molecule has 78 valence electrons. The Morgan fingerprint density at radius 3 is 2.71 bits per heavy atom. The van der Waals surface area contributed by atoms with Crippen LogP contribution in [-0.2, 0) is 0 Å². The molecule has 0 aliphatic heterocycles. The molecule has 0 heterocycles. The maximum atomic E-state index is 13.3. The fraction of sp³-hybridized carbons (Fsp3) is 0.200. The fourth-order valence-corrected chi connectivity index (χ4v) is 1.14. The van der Waals surface area contributed by atoms with E-state index in [-0.39, 0.29) is 18.2 Å². The molecule has 0 bridgehead atoms. The molecule has 0 saturated carbocycles. The summed E-state index contributed by atoms with van der Waals surface area (Å²) in [5, 5.41) is 0. The summed E-state index contributed by atoms with van der Waals surface area (Å²) >= 11 is 0. The second-order valence-electron chi connectivity index (χ2n) is 2.62. The Morgan fingerprint density at radius 2 is 2.21 bits per heavy atom. The molecule has 0 radical (unpaired) electrons. The van der Waals surface area contributed by atoms with Crippen LogP contribution < -0.4 is 10.5 Å².